The molecule has 3 rings (SSSR count). The molecule has 0 aliphatic carbocycles. The minimum absolute atomic E-state index is 0.00814. The van der Waals surface area contributed by atoms with Gasteiger partial charge in [0.15, 0.2) is 5.82 Å². The third-order valence-corrected chi connectivity index (χ3v) is 4.12. The number of rotatable bonds is 2. The Morgan fingerprint density at radius 1 is 1.22 bits per heavy atom. The number of anilines is 1. The summed E-state index contributed by atoms with van der Waals surface area (Å²) < 4.78 is 42.3. The highest BCUT2D eigenvalue weighted by Gasteiger charge is 2.32. The molecule has 0 radical (unpaired) electrons. The summed E-state index contributed by atoms with van der Waals surface area (Å²) in [4.78, 5) is 15.4. The van der Waals surface area contributed by atoms with Crippen molar-refractivity contribution in [1.82, 2.24) is 9.36 Å². The lowest BCUT2D eigenvalue weighted by Gasteiger charge is -2.07. The first kappa shape index (κ1) is 15.7. The van der Waals surface area contributed by atoms with Gasteiger partial charge in [-0.2, -0.15) is 17.5 Å². The molecule has 0 spiro atoms. The van der Waals surface area contributed by atoms with Crippen molar-refractivity contribution in [3.8, 4) is 0 Å². The van der Waals surface area contributed by atoms with Crippen LogP contribution in [-0.2, 0) is 6.18 Å². The number of nitrogens with one attached hydrogen (secondary N) is 1. The summed E-state index contributed by atoms with van der Waals surface area (Å²) in [6.07, 6.45) is -3.68. The fraction of sp³-hybridized carbons (Fsp3) is 0.0714. The summed E-state index contributed by atoms with van der Waals surface area (Å²) >= 11 is 7.24. The number of pyridine rings is 1. The molecule has 118 valence electrons. The zero-order valence-corrected chi connectivity index (χ0v) is 12.8. The molecule has 0 saturated carbocycles. The highest BCUT2D eigenvalue weighted by Crippen LogP contribution is 2.33. The van der Waals surface area contributed by atoms with Gasteiger partial charge >= 0.3 is 6.18 Å². The van der Waals surface area contributed by atoms with E-state index in [-0.39, 0.29) is 11.4 Å². The van der Waals surface area contributed by atoms with Gasteiger partial charge in [-0.05, 0) is 35.8 Å². The van der Waals surface area contributed by atoms with Crippen LogP contribution in [0.4, 0.5) is 19.0 Å². The smallest absolute Gasteiger partial charge is 0.305 e. The Morgan fingerprint density at radius 3 is 2.65 bits per heavy atom. The molecule has 0 saturated heterocycles. The average Bonchev–Trinajstić information content (AvgIpc) is 2.91. The maximum absolute atomic E-state index is 12.5. The van der Waals surface area contributed by atoms with Crippen molar-refractivity contribution in [2.75, 3.05) is 5.32 Å². The molecule has 0 atom stereocenters. The van der Waals surface area contributed by atoms with Crippen molar-refractivity contribution in [3.63, 3.8) is 0 Å². The van der Waals surface area contributed by atoms with Crippen molar-refractivity contribution in [2.24, 2.45) is 0 Å². The Hall–Kier alpha value is -2.19. The largest absolute Gasteiger partial charge is 0.433 e. The molecule has 23 heavy (non-hydrogen) atoms. The second kappa shape index (κ2) is 5.78. The predicted octanol–water partition coefficient (Wildman–Crippen LogP) is 4.62. The van der Waals surface area contributed by atoms with Crippen LogP contribution in [0.25, 0.3) is 10.1 Å². The summed E-state index contributed by atoms with van der Waals surface area (Å²) in [6.45, 7) is 0. The van der Waals surface area contributed by atoms with Gasteiger partial charge < -0.3 is 5.32 Å². The lowest BCUT2D eigenvalue weighted by atomic mass is 10.2. The van der Waals surface area contributed by atoms with Crippen LogP contribution in [-0.4, -0.2) is 15.3 Å². The average molecular weight is 358 g/mol. The molecule has 1 N–H and O–H groups in total. The Kier molecular flexibility index (Phi) is 3.95. The van der Waals surface area contributed by atoms with E-state index in [1.54, 1.807) is 18.2 Å². The Bertz CT molecular complexity index is 877. The Morgan fingerprint density at radius 2 is 2.00 bits per heavy atom. The van der Waals surface area contributed by atoms with Gasteiger partial charge in [0.25, 0.3) is 5.91 Å². The summed E-state index contributed by atoms with van der Waals surface area (Å²) in [5.74, 6) is -0.348. The molecule has 4 nitrogen and oxygen atoms in total. The summed E-state index contributed by atoms with van der Waals surface area (Å²) in [5.41, 5.74) is -1.07. The number of halogens is 4. The van der Waals surface area contributed by atoms with Crippen LogP contribution in [0.15, 0.2) is 36.5 Å². The number of nitrogens with zero attached hydrogens (tertiary/aromatic N) is 2. The minimum Gasteiger partial charge on any atom is -0.305 e. The molecule has 2 heterocycles. The Labute approximate surface area is 137 Å². The van der Waals surface area contributed by atoms with Gasteiger partial charge in [-0.25, -0.2) is 0 Å². The van der Waals surface area contributed by atoms with E-state index in [0.29, 0.717) is 10.4 Å². The topological polar surface area (TPSA) is 54.9 Å². The maximum atomic E-state index is 12.5. The zero-order valence-electron chi connectivity index (χ0n) is 11.2. The monoisotopic (exact) mass is 357 g/mol. The quantitative estimate of drug-likeness (QED) is 0.728. The number of aromatic nitrogens is 2. The van der Waals surface area contributed by atoms with Crippen LogP contribution < -0.4 is 5.32 Å². The molecule has 0 aliphatic rings. The molecule has 3 aromatic rings. The van der Waals surface area contributed by atoms with Crippen LogP contribution in [0.3, 0.4) is 0 Å². The van der Waals surface area contributed by atoms with E-state index in [0.717, 1.165) is 34.6 Å². The van der Waals surface area contributed by atoms with E-state index in [9.17, 15) is 18.0 Å². The molecular weight excluding hydrogens is 351 g/mol. The SMILES string of the molecule is O=C(Nc1nsc2cccc(Cl)c12)c1ccc(C(F)(F)F)nc1. The van der Waals surface area contributed by atoms with E-state index in [1.165, 1.54) is 0 Å². The minimum atomic E-state index is -4.55. The lowest BCUT2D eigenvalue weighted by Crippen LogP contribution is -2.14. The van der Waals surface area contributed by atoms with E-state index >= 15 is 0 Å². The number of hydrogen-bond acceptors (Lipinski definition) is 4. The molecule has 0 unspecified atom stereocenters. The van der Waals surface area contributed by atoms with Gasteiger partial charge in [0.1, 0.15) is 5.69 Å². The molecule has 0 fully saturated rings. The molecule has 0 aliphatic heterocycles. The Balaban J connectivity index is 1.86. The van der Waals surface area contributed by atoms with Gasteiger partial charge in [-0.1, -0.05) is 17.7 Å². The van der Waals surface area contributed by atoms with Gasteiger partial charge in [-0.3, -0.25) is 9.78 Å². The van der Waals surface area contributed by atoms with Gasteiger partial charge in [-0.15, -0.1) is 0 Å². The summed E-state index contributed by atoms with van der Waals surface area (Å²) in [6, 6.07) is 7.03. The van der Waals surface area contributed by atoms with Crippen LogP contribution in [0.1, 0.15) is 16.1 Å². The second-order valence-electron chi connectivity index (χ2n) is 4.53. The molecule has 0 bridgehead atoms. The fourth-order valence-corrected chi connectivity index (χ4v) is 3.00. The van der Waals surface area contributed by atoms with E-state index in [1.807, 2.05) is 0 Å². The van der Waals surface area contributed by atoms with Gasteiger partial charge in [0, 0.05) is 6.20 Å². The lowest BCUT2D eigenvalue weighted by molar-refractivity contribution is -0.141. The van der Waals surface area contributed by atoms with Crippen LogP contribution in [0.5, 0.6) is 0 Å². The highest BCUT2D eigenvalue weighted by atomic mass is 35.5. The molecule has 1 amide bonds. The third-order valence-electron chi connectivity index (χ3n) is 3.00. The number of benzene rings is 1. The number of carbonyl (C=O) groups excluding carboxylic acids is 1. The zero-order chi connectivity index (χ0) is 16.6. The standard InChI is InChI=1S/C14H7ClF3N3OS/c15-8-2-1-3-9-11(8)12(21-23-9)20-13(22)7-4-5-10(19-6-7)14(16,17)18/h1-6H,(H,20,21,22). The number of carbonyl (C=O) groups is 1. The van der Waals surface area contributed by atoms with Crippen molar-refractivity contribution in [1.29, 1.82) is 0 Å². The van der Waals surface area contributed by atoms with E-state index < -0.39 is 17.8 Å². The number of amides is 1. The fourth-order valence-electron chi connectivity index (χ4n) is 1.91. The maximum Gasteiger partial charge on any atom is 0.433 e. The number of hydrogen-bond donors (Lipinski definition) is 1. The van der Waals surface area contributed by atoms with E-state index in [2.05, 4.69) is 14.7 Å². The van der Waals surface area contributed by atoms with Crippen molar-refractivity contribution in [2.45, 2.75) is 6.18 Å². The van der Waals surface area contributed by atoms with Crippen molar-refractivity contribution < 1.29 is 18.0 Å². The van der Waals surface area contributed by atoms with Gasteiger partial charge in [0.2, 0.25) is 0 Å². The number of alkyl halides is 3. The van der Waals surface area contributed by atoms with Crippen LogP contribution in [0, 0.1) is 0 Å². The first-order chi connectivity index (χ1) is 10.9. The first-order valence-electron chi connectivity index (χ1n) is 6.25. The third kappa shape index (κ3) is 3.13. The molecule has 1 aromatic carbocycles. The van der Waals surface area contributed by atoms with Gasteiger partial charge in [0.05, 0.1) is 20.7 Å². The highest BCUT2D eigenvalue weighted by molar-refractivity contribution is 7.13. The molecule has 9 heteroatoms. The van der Waals surface area contributed by atoms with Crippen molar-refractivity contribution >= 4 is 44.9 Å². The molecule has 2 aromatic heterocycles. The first-order valence-corrected chi connectivity index (χ1v) is 7.40. The van der Waals surface area contributed by atoms with Crippen LogP contribution in [0.2, 0.25) is 5.02 Å². The molecular formula is C14H7ClF3N3OS. The van der Waals surface area contributed by atoms with Crippen LogP contribution >= 0.6 is 23.1 Å². The summed E-state index contributed by atoms with van der Waals surface area (Å²) in [5, 5.41) is 3.55. The normalized spacial score (nSPS) is 11.7. The van der Waals surface area contributed by atoms with E-state index in [4.69, 9.17) is 11.6 Å². The van der Waals surface area contributed by atoms with Crippen molar-refractivity contribution in [3.05, 3.63) is 52.8 Å². The number of fused-ring (bicyclic) bond motifs is 1. The predicted molar refractivity (Wildman–Crippen MR) is 81.8 cm³/mol. The summed E-state index contributed by atoms with van der Waals surface area (Å²) in [7, 11) is 0. The second-order valence-corrected chi connectivity index (χ2v) is 5.74.